The van der Waals surface area contributed by atoms with Crippen LogP contribution in [0.2, 0.25) is 0 Å². The monoisotopic (exact) mass is 502 g/mol. The lowest BCUT2D eigenvalue weighted by Crippen LogP contribution is -2.58. The molecule has 5 unspecified atom stereocenters. The molecule has 0 aromatic rings. The van der Waals surface area contributed by atoms with Crippen molar-refractivity contribution in [3.63, 3.8) is 0 Å². The minimum absolute atomic E-state index is 0.291. The summed E-state index contributed by atoms with van der Waals surface area (Å²) < 4.78 is 0. The Morgan fingerprint density at radius 1 is 0.771 bits per heavy atom. The first-order valence-corrected chi connectivity index (χ1v) is 10.9. The molecule has 5 amide bonds. The SMILES string of the molecule is CCC(C)C(NC(=O)C(CCC(N)=O)NC(=O)C(CCC(=O)O)NC(=O)C(N)CC(N)=O)C(=O)O. The summed E-state index contributed by atoms with van der Waals surface area (Å²) in [6.07, 6.45) is -1.68. The smallest absolute Gasteiger partial charge is 0.326 e. The van der Waals surface area contributed by atoms with Crippen LogP contribution in [-0.4, -0.2) is 75.9 Å². The maximum Gasteiger partial charge on any atom is 0.326 e. The number of nitrogens with one attached hydrogen (secondary N) is 3. The summed E-state index contributed by atoms with van der Waals surface area (Å²) in [5.74, 6) is -7.58. The fourth-order valence-electron chi connectivity index (χ4n) is 2.89. The first-order valence-electron chi connectivity index (χ1n) is 10.9. The molecule has 0 aromatic carbocycles. The Balaban J connectivity index is 5.70. The van der Waals surface area contributed by atoms with E-state index in [2.05, 4.69) is 16.0 Å². The third-order valence-corrected chi connectivity index (χ3v) is 5.13. The molecule has 0 bridgehead atoms. The van der Waals surface area contributed by atoms with Crippen LogP contribution in [-0.2, 0) is 33.6 Å². The topological polar surface area (TPSA) is 274 Å². The van der Waals surface area contributed by atoms with Crippen LogP contribution in [0, 0.1) is 5.92 Å². The Morgan fingerprint density at radius 2 is 1.26 bits per heavy atom. The molecule has 0 aliphatic heterocycles. The number of nitrogens with two attached hydrogens (primary N) is 3. The van der Waals surface area contributed by atoms with Gasteiger partial charge in [-0.3, -0.25) is 28.8 Å². The number of primary amides is 2. The van der Waals surface area contributed by atoms with E-state index in [1.54, 1.807) is 13.8 Å². The molecule has 0 aliphatic rings. The highest BCUT2D eigenvalue weighted by Crippen LogP contribution is 2.10. The van der Waals surface area contributed by atoms with E-state index in [0.717, 1.165) is 0 Å². The number of rotatable bonds is 17. The van der Waals surface area contributed by atoms with Gasteiger partial charge in [-0.2, -0.15) is 0 Å². The van der Waals surface area contributed by atoms with Crippen LogP contribution in [0.3, 0.4) is 0 Å². The molecule has 0 aliphatic carbocycles. The molecular weight excluding hydrogens is 468 g/mol. The first kappa shape index (κ1) is 31.2. The third-order valence-electron chi connectivity index (χ3n) is 5.13. The number of amides is 5. The van der Waals surface area contributed by atoms with Crippen LogP contribution in [0.25, 0.3) is 0 Å². The molecule has 15 heteroatoms. The predicted molar refractivity (Wildman–Crippen MR) is 120 cm³/mol. The number of carbonyl (C=O) groups is 7. The van der Waals surface area contributed by atoms with Crippen LogP contribution in [0.15, 0.2) is 0 Å². The number of hydrogen-bond acceptors (Lipinski definition) is 8. The molecule has 0 fully saturated rings. The molecule has 35 heavy (non-hydrogen) atoms. The van der Waals surface area contributed by atoms with Gasteiger partial charge < -0.3 is 43.4 Å². The van der Waals surface area contributed by atoms with E-state index < -0.39 is 90.8 Å². The first-order chi connectivity index (χ1) is 16.2. The van der Waals surface area contributed by atoms with Gasteiger partial charge in [0.1, 0.15) is 18.1 Å². The Kier molecular flexibility index (Phi) is 13.6. The quantitative estimate of drug-likeness (QED) is 0.0991. The molecule has 0 saturated heterocycles. The maximum atomic E-state index is 12.8. The Hall–Kier alpha value is -3.75. The summed E-state index contributed by atoms with van der Waals surface area (Å²) in [5, 5.41) is 25.2. The van der Waals surface area contributed by atoms with Gasteiger partial charge in [-0.25, -0.2) is 4.79 Å². The summed E-state index contributed by atoms with van der Waals surface area (Å²) in [6, 6.07) is -5.60. The highest BCUT2D eigenvalue weighted by atomic mass is 16.4. The zero-order valence-electron chi connectivity index (χ0n) is 19.6. The zero-order chi connectivity index (χ0) is 27.3. The average molecular weight is 503 g/mol. The molecule has 5 atom stereocenters. The summed E-state index contributed by atoms with van der Waals surface area (Å²) in [6.45, 7) is 3.32. The van der Waals surface area contributed by atoms with E-state index >= 15 is 0 Å². The molecule has 0 spiro atoms. The molecule has 0 heterocycles. The summed E-state index contributed by atoms with van der Waals surface area (Å²) in [4.78, 5) is 82.6. The van der Waals surface area contributed by atoms with Crippen molar-refractivity contribution < 1.29 is 43.8 Å². The van der Waals surface area contributed by atoms with Crippen molar-refractivity contribution in [3.05, 3.63) is 0 Å². The molecule has 11 N–H and O–H groups in total. The third kappa shape index (κ3) is 12.3. The van der Waals surface area contributed by atoms with Gasteiger partial charge in [-0.1, -0.05) is 20.3 Å². The highest BCUT2D eigenvalue weighted by Gasteiger charge is 2.32. The summed E-state index contributed by atoms with van der Waals surface area (Å²) >= 11 is 0. The van der Waals surface area contributed by atoms with Crippen molar-refractivity contribution in [1.29, 1.82) is 0 Å². The van der Waals surface area contributed by atoms with Crippen molar-refractivity contribution in [2.45, 2.75) is 76.5 Å². The highest BCUT2D eigenvalue weighted by molar-refractivity contribution is 5.95. The summed E-state index contributed by atoms with van der Waals surface area (Å²) in [5.41, 5.74) is 15.7. The van der Waals surface area contributed by atoms with Gasteiger partial charge in [0.2, 0.25) is 29.5 Å². The van der Waals surface area contributed by atoms with Gasteiger partial charge in [0.05, 0.1) is 12.5 Å². The second kappa shape index (κ2) is 15.2. The van der Waals surface area contributed by atoms with Crippen molar-refractivity contribution in [1.82, 2.24) is 16.0 Å². The Morgan fingerprint density at radius 3 is 1.69 bits per heavy atom. The van der Waals surface area contributed by atoms with Crippen molar-refractivity contribution in [2.24, 2.45) is 23.1 Å². The van der Waals surface area contributed by atoms with Crippen molar-refractivity contribution in [3.8, 4) is 0 Å². The molecule has 15 nitrogen and oxygen atoms in total. The van der Waals surface area contributed by atoms with Crippen LogP contribution in [0.1, 0.15) is 52.4 Å². The Bertz CT molecular complexity index is 819. The molecule has 0 rings (SSSR count). The lowest BCUT2D eigenvalue weighted by Gasteiger charge is -2.26. The van der Waals surface area contributed by atoms with Gasteiger partial charge in [0.15, 0.2) is 0 Å². The molecule has 0 aromatic heterocycles. The van der Waals surface area contributed by atoms with E-state index in [0.29, 0.717) is 6.42 Å². The standard InChI is InChI=1S/C20H34N6O9/c1-3-9(2)16(20(34)35)26-19(33)11(4-6-13(22)27)25-18(32)12(5-7-15(29)30)24-17(31)10(21)8-14(23)28/h9-12,16H,3-8,21H2,1-2H3,(H2,22,27)(H2,23,28)(H,24,31)(H,25,32)(H,26,33)(H,29,30)(H,34,35). The zero-order valence-corrected chi connectivity index (χ0v) is 19.6. The number of carbonyl (C=O) groups excluding carboxylic acids is 5. The number of carboxylic acids is 2. The van der Waals surface area contributed by atoms with E-state index in [9.17, 15) is 38.7 Å². The van der Waals surface area contributed by atoms with Gasteiger partial charge >= 0.3 is 11.9 Å². The fraction of sp³-hybridized carbons (Fsp3) is 0.650. The number of carboxylic acid groups (broad SMARTS) is 2. The van der Waals surface area contributed by atoms with E-state index in [4.69, 9.17) is 22.3 Å². The van der Waals surface area contributed by atoms with Crippen LogP contribution in [0.4, 0.5) is 0 Å². The number of aliphatic carboxylic acids is 2. The largest absolute Gasteiger partial charge is 0.481 e. The van der Waals surface area contributed by atoms with E-state index in [-0.39, 0.29) is 12.8 Å². The van der Waals surface area contributed by atoms with Crippen LogP contribution >= 0.6 is 0 Å². The minimum atomic E-state index is -1.48. The summed E-state index contributed by atoms with van der Waals surface area (Å²) in [7, 11) is 0. The minimum Gasteiger partial charge on any atom is -0.481 e. The second-order valence-electron chi connectivity index (χ2n) is 8.05. The molecule has 0 radical (unpaired) electrons. The lowest BCUT2D eigenvalue weighted by atomic mass is 9.98. The maximum absolute atomic E-state index is 12.8. The average Bonchev–Trinajstić information content (AvgIpc) is 2.75. The van der Waals surface area contributed by atoms with Gasteiger partial charge in [0.25, 0.3) is 0 Å². The predicted octanol–water partition coefficient (Wildman–Crippen LogP) is -3.10. The van der Waals surface area contributed by atoms with Crippen LogP contribution in [0.5, 0.6) is 0 Å². The van der Waals surface area contributed by atoms with E-state index in [1.165, 1.54) is 0 Å². The van der Waals surface area contributed by atoms with Crippen LogP contribution < -0.4 is 33.2 Å². The Labute approximate surface area is 201 Å². The number of hydrogen-bond donors (Lipinski definition) is 8. The van der Waals surface area contributed by atoms with Gasteiger partial charge in [0, 0.05) is 12.8 Å². The van der Waals surface area contributed by atoms with Crippen molar-refractivity contribution >= 4 is 41.5 Å². The van der Waals surface area contributed by atoms with E-state index in [1.807, 2.05) is 0 Å². The molecule has 198 valence electrons. The molecular formula is C20H34N6O9. The normalized spacial score (nSPS) is 14.9. The second-order valence-corrected chi connectivity index (χ2v) is 8.05. The van der Waals surface area contributed by atoms with Gasteiger partial charge in [-0.05, 0) is 18.8 Å². The molecule has 0 saturated carbocycles. The van der Waals surface area contributed by atoms with Gasteiger partial charge in [-0.15, -0.1) is 0 Å². The lowest BCUT2D eigenvalue weighted by molar-refractivity contribution is -0.144. The van der Waals surface area contributed by atoms with Crippen molar-refractivity contribution in [2.75, 3.05) is 0 Å². The fourth-order valence-corrected chi connectivity index (χ4v) is 2.89.